The van der Waals surface area contributed by atoms with Gasteiger partial charge < -0.3 is 10.1 Å². The van der Waals surface area contributed by atoms with Gasteiger partial charge in [0, 0.05) is 12.6 Å². The first-order chi connectivity index (χ1) is 10.3. The molecule has 1 heterocycles. The Balaban J connectivity index is 2.22. The van der Waals surface area contributed by atoms with Crippen molar-refractivity contribution in [1.82, 2.24) is 20.3 Å². The molecule has 1 atom stereocenters. The molecular formula is C16H23FN4O. The van der Waals surface area contributed by atoms with Crippen LogP contribution in [0.15, 0.2) is 24.3 Å². The van der Waals surface area contributed by atoms with Crippen molar-refractivity contribution in [2.75, 3.05) is 13.7 Å². The highest BCUT2D eigenvalue weighted by atomic mass is 19.1. The molecule has 0 unspecified atom stereocenters. The van der Waals surface area contributed by atoms with E-state index in [4.69, 9.17) is 4.74 Å². The number of hydrogen-bond donors (Lipinski definition) is 1. The molecule has 0 radical (unpaired) electrons. The van der Waals surface area contributed by atoms with Gasteiger partial charge in [-0.15, -0.1) is 5.10 Å². The third-order valence-corrected chi connectivity index (χ3v) is 3.52. The summed E-state index contributed by atoms with van der Waals surface area (Å²) in [4.78, 5) is 0. The Labute approximate surface area is 130 Å². The van der Waals surface area contributed by atoms with Gasteiger partial charge in [0.05, 0.1) is 24.0 Å². The lowest BCUT2D eigenvalue weighted by molar-refractivity contribution is 0.121. The van der Waals surface area contributed by atoms with Gasteiger partial charge in [-0.1, -0.05) is 5.21 Å². The van der Waals surface area contributed by atoms with Gasteiger partial charge in [0.15, 0.2) is 0 Å². The SMILES string of the molecule is COCC(C)(C)N[C@@H](C)c1nnn(-c2ccc(F)cc2)c1C. The van der Waals surface area contributed by atoms with Crippen molar-refractivity contribution >= 4 is 0 Å². The van der Waals surface area contributed by atoms with E-state index in [1.54, 1.807) is 23.9 Å². The van der Waals surface area contributed by atoms with Gasteiger partial charge in [-0.3, -0.25) is 0 Å². The summed E-state index contributed by atoms with van der Waals surface area (Å²) >= 11 is 0. The molecule has 0 saturated carbocycles. The number of rotatable bonds is 6. The number of nitrogens with one attached hydrogen (secondary N) is 1. The molecule has 0 amide bonds. The first-order valence-corrected chi connectivity index (χ1v) is 7.29. The first kappa shape index (κ1) is 16.6. The zero-order valence-electron chi connectivity index (χ0n) is 13.7. The molecule has 1 N–H and O–H groups in total. The van der Waals surface area contributed by atoms with Crippen molar-refractivity contribution < 1.29 is 9.13 Å². The van der Waals surface area contributed by atoms with Crippen LogP contribution in [0.2, 0.25) is 0 Å². The molecule has 0 fully saturated rings. The molecule has 0 aliphatic carbocycles. The number of aromatic nitrogens is 3. The molecule has 1 aromatic heterocycles. The number of benzene rings is 1. The van der Waals surface area contributed by atoms with Crippen LogP contribution in [0.3, 0.4) is 0 Å². The van der Waals surface area contributed by atoms with Gasteiger partial charge >= 0.3 is 0 Å². The Hall–Kier alpha value is -1.79. The van der Waals surface area contributed by atoms with Gasteiger partial charge in [-0.2, -0.15) is 0 Å². The number of hydrogen-bond acceptors (Lipinski definition) is 4. The monoisotopic (exact) mass is 306 g/mol. The van der Waals surface area contributed by atoms with Crippen molar-refractivity contribution in [3.8, 4) is 5.69 Å². The summed E-state index contributed by atoms with van der Waals surface area (Å²) in [7, 11) is 1.68. The second-order valence-electron chi connectivity index (χ2n) is 6.13. The molecule has 120 valence electrons. The van der Waals surface area contributed by atoms with Crippen molar-refractivity contribution in [1.29, 1.82) is 0 Å². The number of halogens is 1. The van der Waals surface area contributed by atoms with E-state index in [9.17, 15) is 4.39 Å². The second-order valence-corrected chi connectivity index (χ2v) is 6.13. The average molecular weight is 306 g/mol. The van der Waals surface area contributed by atoms with Crippen LogP contribution in [0, 0.1) is 12.7 Å². The third kappa shape index (κ3) is 3.69. The van der Waals surface area contributed by atoms with Crippen molar-refractivity contribution in [2.45, 2.75) is 39.3 Å². The Morgan fingerprint density at radius 2 is 1.95 bits per heavy atom. The van der Waals surface area contributed by atoms with Crippen LogP contribution in [0.5, 0.6) is 0 Å². The largest absolute Gasteiger partial charge is 0.383 e. The van der Waals surface area contributed by atoms with Crippen LogP contribution in [-0.4, -0.2) is 34.2 Å². The predicted octanol–water partition coefficient (Wildman–Crippen LogP) is 2.79. The van der Waals surface area contributed by atoms with Crippen LogP contribution in [-0.2, 0) is 4.74 Å². The van der Waals surface area contributed by atoms with E-state index in [1.807, 2.05) is 13.8 Å². The van der Waals surface area contributed by atoms with Gasteiger partial charge in [0.25, 0.3) is 0 Å². The van der Waals surface area contributed by atoms with Gasteiger partial charge in [0.1, 0.15) is 11.5 Å². The molecule has 0 aliphatic rings. The molecule has 22 heavy (non-hydrogen) atoms. The minimum Gasteiger partial charge on any atom is -0.383 e. The summed E-state index contributed by atoms with van der Waals surface area (Å²) < 4.78 is 20.0. The molecule has 0 aliphatic heterocycles. The van der Waals surface area contributed by atoms with Gasteiger partial charge in [-0.05, 0) is 52.0 Å². The lowest BCUT2D eigenvalue weighted by atomic mass is 10.0. The fraction of sp³-hybridized carbons (Fsp3) is 0.500. The zero-order chi connectivity index (χ0) is 16.3. The van der Waals surface area contributed by atoms with E-state index >= 15 is 0 Å². The Kier molecular flexibility index (Phi) is 4.93. The van der Waals surface area contributed by atoms with Gasteiger partial charge in [0.2, 0.25) is 0 Å². The average Bonchev–Trinajstić information content (AvgIpc) is 2.81. The lowest BCUT2D eigenvalue weighted by Crippen LogP contribution is -2.44. The lowest BCUT2D eigenvalue weighted by Gasteiger charge is -2.29. The van der Waals surface area contributed by atoms with Crippen LogP contribution < -0.4 is 5.32 Å². The molecule has 2 rings (SSSR count). The number of ether oxygens (including phenoxy) is 1. The topological polar surface area (TPSA) is 52.0 Å². The molecule has 0 bridgehead atoms. The second kappa shape index (κ2) is 6.54. The highest BCUT2D eigenvalue weighted by Crippen LogP contribution is 2.20. The number of nitrogens with zero attached hydrogens (tertiary/aromatic N) is 3. The minimum absolute atomic E-state index is 0.0272. The summed E-state index contributed by atoms with van der Waals surface area (Å²) in [5, 5.41) is 11.9. The molecule has 1 aromatic carbocycles. The van der Waals surface area contributed by atoms with Crippen LogP contribution in [0.4, 0.5) is 4.39 Å². The van der Waals surface area contributed by atoms with Gasteiger partial charge in [-0.25, -0.2) is 9.07 Å². The molecule has 2 aromatic rings. The highest BCUT2D eigenvalue weighted by molar-refractivity contribution is 5.33. The fourth-order valence-corrected chi connectivity index (χ4v) is 2.63. The minimum atomic E-state index is -0.266. The summed E-state index contributed by atoms with van der Waals surface area (Å²) in [5.41, 5.74) is 2.43. The first-order valence-electron chi connectivity index (χ1n) is 7.29. The maximum absolute atomic E-state index is 13.0. The summed E-state index contributed by atoms with van der Waals surface area (Å²) in [5.74, 6) is -0.266. The van der Waals surface area contributed by atoms with E-state index in [0.717, 1.165) is 17.1 Å². The summed E-state index contributed by atoms with van der Waals surface area (Å²) in [6, 6.07) is 6.24. The predicted molar refractivity (Wildman–Crippen MR) is 83.6 cm³/mol. The van der Waals surface area contributed by atoms with E-state index in [2.05, 4.69) is 29.5 Å². The molecular weight excluding hydrogens is 283 g/mol. The van der Waals surface area contributed by atoms with E-state index in [0.29, 0.717) is 6.61 Å². The maximum atomic E-state index is 13.0. The van der Waals surface area contributed by atoms with Crippen LogP contribution in [0.25, 0.3) is 5.69 Å². The quantitative estimate of drug-likeness (QED) is 0.891. The number of methoxy groups -OCH3 is 1. The van der Waals surface area contributed by atoms with Crippen LogP contribution >= 0.6 is 0 Å². The Bertz CT molecular complexity index is 622. The molecule has 5 nitrogen and oxygen atoms in total. The van der Waals surface area contributed by atoms with E-state index < -0.39 is 0 Å². The van der Waals surface area contributed by atoms with Crippen molar-refractivity contribution in [3.05, 3.63) is 41.5 Å². The fourth-order valence-electron chi connectivity index (χ4n) is 2.63. The molecule has 0 spiro atoms. The van der Waals surface area contributed by atoms with Crippen molar-refractivity contribution in [2.24, 2.45) is 0 Å². The highest BCUT2D eigenvalue weighted by Gasteiger charge is 2.24. The van der Waals surface area contributed by atoms with Crippen molar-refractivity contribution in [3.63, 3.8) is 0 Å². The van der Waals surface area contributed by atoms with E-state index in [1.165, 1.54) is 12.1 Å². The summed E-state index contributed by atoms with van der Waals surface area (Å²) in [6.45, 7) is 8.76. The molecule has 6 heteroatoms. The Morgan fingerprint density at radius 1 is 1.32 bits per heavy atom. The normalized spacial score (nSPS) is 13.4. The third-order valence-electron chi connectivity index (χ3n) is 3.52. The summed E-state index contributed by atoms with van der Waals surface area (Å²) in [6.07, 6.45) is 0. The Morgan fingerprint density at radius 3 is 2.55 bits per heavy atom. The van der Waals surface area contributed by atoms with Crippen LogP contribution in [0.1, 0.15) is 38.2 Å². The zero-order valence-corrected chi connectivity index (χ0v) is 13.7. The maximum Gasteiger partial charge on any atom is 0.123 e. The smallest absolute Gasteiger partial charge is 0.123 e. The van der Waals surface area contributed by atoms with E-state index in [-0.39, 0.29) is 17.4 Å². The molecule has 0 saturated heterocycles. The standard InChI is InChI=1S/C16H23FN4O/c1-11(18-16(3,4)10-22-5)15-12(2)21(20-19-15)14-8-6-13(17)7-9-14/h6-9,11,18H,10H2,1-5H3/t11-/m0/s1.